The van der Waals surface area contributed by atoms with E-state index in [1.54, 1.807) is 18.9 Å². The van der Waals surface area contributed by atoms with E-state index in [-0.39, 0.29) is 24.3 Å². The van der Waals surface area contributed by atoms with Gasteiger partial charge in [-0.15, -0.1) is 0 Å². The third-order valence-electron chi connectivity index (χ3n) is 3.65. The number of nitrogens with zero attached hydrogens (tertiary/aromatic N) is 2. The molecule has 0 aliphatic carbocycles. The number of carbonyl (C=O) groups is 1. The molecule has 2 unspecified atom stereocenters. The average molecular weight is 313 g/mol. The largest absolute Gasteiger partial charge is 0.392 e. The fourth-order valence-corrected chi connectivity index (χ4v) is 2.64. The van der Waals surface area contributed by atoms with Crippen LogP contribution >= 0.6 is 0 Å². The van der Waals surface area contributed by atoms with Crippen LogP contribution in [-0.4, -0.2) is 54.9 Å². The van der Waals surface area contributed by atoms with Crippen molar-refractivity contribution in [3.05, 3.63) is 29.8 Å². The van der Waals surface area contributed by atoms with Crippen molar-refractivity contribution in [2.75, 3.05) is 31.6 Å². The second-order valence-electron chi connectivity index (χ2n) is 5.68. The Kier molecular flexibility index (Phi) is 5.18. The number of hydrogen-bond acceptors (Lipinski definition) is 3. The maximum Gasteiger partial charge on any atom is 0.317 e. The highest BCUT2D eigenvalue weighted by Gasteiger charge is 2.28. The van der Waals surface area contributed by atoms with Crippen LogP contribution in [0.15, 0.2) is 18.2 Å². The summed E-state index contributed by atoms with van der Waals surface area (Å²) in [5.41, 5.74) is -0.0448. The number of hydrogen-bond donors (Lipinski definition) is 2. The topological polar surface area (TPSA) is 55.8 Å². The highest BCUT2D eigenvalue weighted by Crippen LogP contribution is 2.26. The molecule has 0 bridgehead atoms. The molecule has 2 amide bonds. The van der Waals surface area contributed by atoms with E-state index in [0.29, 0.717) is 19.5 Å². The van der Waals surface area contributed by atoms with Crippen LogP contribution in [0.1, 0.15) is 13.3 Å². The summed E-state index contributed by atoms with van der Waals surface area (Å²) in [5, 5.41) is 12.1. The summed E-state index contributed by atoms with van der Waals surface area (Å²) in [5.74, 6) is -1.20. The van der Waals surface area contributed by atoms with Crippen molar-refractivity contribution in [3.8, 4) is 0 Å². The second kappa shape index (κ2) is 6.91. The highest BCUT2D eigenvalue weighted by atomic mass is 19.1. The maximum absolute atomic E-state index is 13.8. The van der Waals surface area contributed by atoms with E-state index < -0.39 is 17.7 Å². The molecule has 2 N–H and O–H groups in total. The van der Waals surface area contributed by atoms with Gasteiger partial charge in [0, 0.05) is 32.7 Å². The zero-order valence-corrected chi connectivity index (χ0v) is 12.7. The number of para-hydroxylation sites is 1. The van der Waals surface area contributed by atoms with Gasteiger partial charge in [0.15, 0.2) is 0 Å². The van der Waals surface area contributed by atoms with Gasteiger partial charge in [0.2, 0.25) is 0 Å². The minimum absolute atomic E-state index is 0.0448. The highest BCUT2D eigenvalue weighted by molar-refractivity contribution is 5.74. The lowest BCUT2D eigenvalue weighted by molar-refractivity contribution is 0.142. The summed E-state index contributed by atoms with van der Waals surface area (Å²) in [6.45, 7) is 2.65. The third-order valence-corrected chi connectivity index (χ3v) is 3.65. The Morgan fingerprint density at radius 1 is 1.50 bits per heavy atom. The zero-order chi connectivity index (χ0) is 16.3. The normalized spacial score (nSPS) is 19.1. The molecule has 122 valence electrons. The molecule has 0 spiro atoms. The molecule has 1 aromatic rings. The Balaban J connectivity index is 1.94. The van der Waals surface area contributed by atoms with Crippen LogP contribution < -0.4 is 10.2 Å². The summed E-state index contributed by atoms with van der Waals surface area (Å²) in [7, 11) is 1.59. The van der Waals surface area contributed by atoms with Gasteiger partial charge in [0.05, 0.1) is 6.10 Å². The number of nitrogens with one attached hydrogen (secondary N) is 1. The molecule has 1 saturated heterocycles. The average Bonchev–Trinajstić information content (AvgIpc) is 2.86. The number of halogens is 2. The van der Waals surface area contributed by atoms with Crippen molar-refractivity contribution in [1.82, 2.24) is 10.2 Å². The van der Waals surface area contributed by atoms with Gasteiger partial charge in [-0.3, -0.25) is 0 Å². The van der Waals surface area contributed by atoms with Gasteiger partial charge in [-0.25, -0.2) is 13.6 Å². The number of likely N-dealkylation sites (N-methyl/N-ethyl adjacent to an activating group) is 1. The Morgan fingerprint density at radius 2 is 2.14 bits per heavy atom. The number of carbonyl (C=O) groups excluding carboxylic acids is 1. The molecule has 0 saturated carbocycles. The van der Waals surface area contributed by atoms with Crippen LogP contribution in [0.5, 0.6) is 0 Å². The fraction of sp³-hybridized carbons (Fsp3) is 0.533. The van der Waals surface area contributed by atoms with Crippen molar-refractivity contribution in [1.29, 1.82) is 0 Å². The van der Waals surface area contributed by atoms with Crippen LogP contribution in [0.3, 0.4) is 0 Å². The van der Waals surface area contributed by atoms with Gasteiger partial charge in [-0.05, 0) is 25.5 Å². The molecule has 1 aromatic carbocycles. The monoisotopic (exact) mass is 313 g/mol. The summed E-state index contributed by atoms with van der Waals surface area (Å²) in [4.78, 5) is 14.9. The summed E-state index contributed by atoms with van der Waals surface area (Å²) in [6.07, 6.45) is 0.00511. The molecule has 1 aliphatic rings. The van der Waals surface area contributed by atoms with Crippen LogP contribution in [0, 0.1) is 11.6 Å². The smallest absolute Gasteiger partial charge is 0.317 e. The van der Waals surface area contributed by atoms with Gasteiger partial charge in [0.25, 0.3) is 0 Å². The molecule has 2 atom stereocenters. The molecule has 1 heterocycles. The molecular formula is C15H21F2N3O2. The number of rotatable bonds is 4. The first kappa shape index (κ1) is 16.5. The van der Waals surface area contributed by atoms with Crippen molar-refractivity contribution < 1.29 is 18.7 Å². The number of amides is 2. The number of urea groups is 1. The van der Waals surface area contributed by atoms with Crippen molar-refractivity contribution in [2.45, 2.75) is 25.5 Å². The van der Waals surface area contributed by atoms with E-state index in [1.807, 2.05) is 0 Å². The summed E-state index contributed by atoms with van der Waals surface area (Å²) < 4.78 is 27.5. The van der Waals surface area contributed by atoms with Crippen LogP contribution in [0.4, 0.5) is 19.3 Å². The van der Waals surface area contributed by atoms with E-state index in [0.717, 1.165) is 0 Å². The molecular weight excluding hydrogens is 292 g/mol. The van der Waals surface area contributed by atoms with Gasteiger partial charge in [0.1, 0.15) is 17.3 Å². The fourth-order valence-electron chi connectivity index (χ4n) is 2.64. The van der Waals surface area contributed by atoms with E-state index in [4.69, 9.17) is 0 Å². The van der Waals surface area contributed by atoms with Gasteiger partial charge in [-0.1, -0.05) is 6.07 Å². The lowest BCUT2D eigenvalue weighted by Crippen LogP contribution is -2.46. The summed E-state index contributed by atoms with van der Waals surface area (Å²) in [6, 6.07) is 3.29. The molecule has 7 heteroatoms. The van der Waals surface area contributed by atoms with Crippen LogP contribution in [-0.2, 0) is 0 Å². The van der Waals surface area contributed by atoms with Gasteiger partial charge >= 0.3 is 6.03 Å². The quantitative estimate of drug-likeness (QED) is 0.887. The molecule has 1 fully saturated rings. The molecule has 0 aromatic heterocycles. The first-order valence-corrected chi connectivity index (χ1v) is 7.27. The van der Waals surface area contributed by atoms with Crippen molar-refractivity contribution >= 4 is 11.7 Å². The standard InChI is InChI=1S/C15H21F2N3O2/c1-10(21)8-19(2)15(22)18-11-6-7-20(9-11)14-12(16)4-3-5-13(14)17/h3-5,10-11,21H,6-9H2,1-2H3,(H,18,22). The number of aliphatic hydroxyl groups is 1. The Labute approximate surface area is 128 Å². The zero-order valence-electron chi connectivity index (χ0n) is 12.7. The van der Waals surface area contributed by atoms with Crippen molar-refractivity contribution in [3.63, 3.8) is 0 Å². The number of benzene rings is 1. The minimum Gasteiger partial charge on any atom is -0.392 e. The van der Waals surface area contributed by atoms with Gasteiger partial charge in [-0.2, -0.15) is 0 Å². The van der Waals surface area contributed by atoms with E-state index in [1.165, 1.54) is 23.1 Å². The molecule has 22 heavy (non-hydrogen) atoms. The second-order valence-corrected chi connectivity index (χ2v) is 5.68. The maximum atomic E-state index is 13.8. The Hall–Kier alpha value is -1.89. The lowest BCUT2D eigenvalue weighted by atomic mass is 10.2. The molecule has 1 aliphatic heterocycles. The Bertz CT molecular complexity index is 519. The third kappa shape index (κ3) is 3.85. The van der Waals surface area contributed by atoms with Crippen molar-refractivity contribution in [2.24, 2.45) is 0 Å². The predicted molar refractivity (Wildman–Crippen MR) is 79.8 cm³/mol. The summed E-state index contributed by atoms with van der Waals surface area (Å²) >= 11 is 0. The lowest BCUT2D eigenvalue weighted by Gasteiger charge is -2.23. The predicted octanol–water partition coefficient (Wildman–Crippen LogP) is 1.57. The Morgan fingerprint density at radius 3 is 2.73 bits per heavy atom. The number of aliphatic hydroxyl groups excluding tert-OH is 1. The molecule has 0 radical (unpaired) electrons. The van der Waals surface area contributed by atoms with E-state index in [2.05, 4.69) is 5.32 Å². The van der Waals surface area contributed by atoms with Crippen LogP contribution in [0.25, 0.3) is 0 Å². The number of anilines is 1. The van der Waals surface area contributed by atoms with Gasteiger partial charge < -0.3 is 20.2 Å². The molecule has 5 nitrogen and oxygen atoms in total. The first-order valence-electron chi connectivity index (χ1n) is 7.27. The van der Waals surface area contributed by atoms with E-state index in [9.17, 15) is 18.7 Å². The SMILES string of the molecule is CC(O)CN(C)C(=O)NC1CCN(c2c(F)cccc2F)C1. The first-order chi connectivity index (χ1) is 10.4. The van der Waals surface area contributed by atoms with Crippen LogP contribution in [0.2, 0.25) is 0 Å². The minimum atomic E-state index is -0.608. The molecule has 2 rings (SSSR count). The van der Waals surface area contributed by atoms with E-state index >= 15 is 0 Å².